The molecule has 0 aromatic heterocycles. The summed E-state index contributed by atoms with van der Waals surface area (Å²) in [4.78, 5) is 16.6. The van der Waals surface area contributed by atoms with Gasteiger partial charge in [0.2, 0.25) is 0 Å². The largest absolute Gasteiger partial charge is 0.504 e. The highest BCUT2D eigenvalue weighted by Gasteiger charge is 2.27. The standard InChI is InChI=1S/C17H28N2O3/c1-5-18(6-2)13-16(17(21)19(7-3)8-4)22-15-12-10-9-11-14(15)20/h9-12,16,20H,5-8,13H2,1-4H3. The average Bonchev–Trinajstić information content (AvgIpc) is 2.54. The Bertz CT molecular complexity index is 457. The Morgan fingerprint density at radius 2 is 1.68 bits per heavy atom. The second kappa shape index (κ2) is 9.30. The molecule has 0 heterocycles. The average molecular weight is 308 g/mol. The van der Waals surface area contributed by atoms with Gasteiger partial charge in [0.1, 0.15) is 0 Å². The molecule has 0 radical (unpaired) electrons. The van der Waals surface area contributed by atoms with Crippen LogP contribution in [-0.4, -0.2) is 59.6 Å². The minimum Gasteiger partial charge on any atom is -0.504 e. The van der Waals surface area contributed by atoms with Crippen LogP contribution in [0.3, 0.4) is 0 Å². The fraction of sp³-hybridized carbons (Fsp3) is 0.588. The lowest BCUT2D eigenvalue weighted by Crippen LogP contribution is -2.48. The van der Waals surface area contributed by atoms with Crippen molar-refractivity contribution in [1.82, 2.24) is 9.80 Å². The molecule has 0 bridgehead atoms. The highest BCUT2D eigenvalue weighted by atomic mass is 16.5. The molecule has 1 N–H and O–H groups in total. The highest BCUT2D eigenvalue weighted by Crippen LogP contribution is 2.26. The molecule has 1 unspecified atom stereocenters. The number of carbonyl (C=O) groups excluding carboxylic acids is 1. The summed E-state index contributed by atoms with van der Waals surface area (Å²) >= 11 is 0. The van der Waals surface area contributed by atoms with Crippen molar-refractivity contribution in [3.05, 3.63) is 24.3 Å². The number of phenols is 1. The number of rotatable bonds is 9. The maximum absolute atomic E-state index is 12.7. The number of nitrogens with zero attached hydrogens (tertiary/aromatic N) is 2. The quantitative estimate of drug-likeness (QED) is 0.761. The van der Waals surface area contributed by atoms with Crippen LogP contribution in [0.2, 0.25) is 0 Å². The van der Waals surface area contributed by atoms with Crippen LogP contribution in [0.25, 0.3) is 0 Å². The topological polar surface area (TPSA) is 53.0 Å². The van der Waals surface area contributed by atoms with Gasteiger partial charge in [-0.05, 0) is 39.1 Å². The summed E-state index contributed by atoms with van der Waals surface area (Å²) in [5, 5.41) is 9.88. The number of para-hydroxylation sites is 2. The van der Waals surface area contributed by atoms with Crippen LogP contribution in [0.15, 0.2) is 24.3 Å². The highest BCUT2D eigenvalue weighted by molar-refractivity contribution is 5.81. The molecule has 22 heavy (non-hydrogen) atoms. The van der Waals surface area contributed by atoms with Crippen molar-refractivity contribution in [3.8, 4) is 11.5 Å². The first-order valence-electron chi connectivity index (χ1n) is 8.03. The number of benzene rings is 1. The molecule has 1 rings (SSSR count). The zero-order valence-electron chi connectivity index (χ0n) is 14.1. The predicted octanol–water partition coefficient (Wildman–Crippen LogP) is 2.35. The number of ether oxygens (including phenoxy) is 1. The fourth-order valence-electron chi connectivity index (χ4n) is 2.33. The molecule has 124 valence electrons. The van der Waals surface area contributed by atoms with Gasteiger partial charge in [-0.25, -0.2) is 0 Å². The monoisotopic (exact) mass is 308 g/mol. The lowest BCUT2D eigenvalue weighted by atomic mass is 10.2. The number of amides is 1. The van der Waals surface area contributed by atoms with E-state index in [1.807, 2.05) is 13.8 Å². The second-order valence-corrected chi connectivity index (χ2v) is 5.07. The molecule has 0 aliphatic heterocycles. The van der Waals surface area contributed by atoms with E-state index in [2.05, 4.69) is 18.7 Å². The summed E-state index contributed by atoms with van der Waals surface area (Å²) in [5.41, 5.74) is 0. The van der Waals surface area contributed by atoms with Crippen LogP contribution >= 0.6 is 0 Å². The van der Waals surface area contributed by atoms with Gasteiger partial charge in [-0.3, -0.25) is 9.69 Å². The van der Waals surface area contributed by atoms with Crippen molar-refractivity contribution in [2.24, 2.45) is 0 Å². The van der Waals surface area contributed by atoms with Gasteiger partial charge in [0.25, 0.3) is 5.91 Å². The molecule has 0 aliphatic carbocycles. The Kier molecular flexibility index (Phi) is 7.74. The first kappa shape index (κ1) is 18.3. The van der Waals surface area contributed by atoms with Crippen LogP contribution < -0.4 is 4.74 Å². The summed E-state index contributed by atoms with van der Waals surface area (Å²) < 4.78 is 5.84. The number of carbonyl (C=O) groups is 1. The van der Waals surface area contributed by atoms with Gasteiger partial charge < -0.3 is 14.7 Å². The van der Waals surface area contributed by atoms with Crippen LogP contribution in [0.4, 0.5) is 0 Å². The third-order valence-electron chi connectivity index (χ3n) is 3.80. The van der Waals surface area contributed by atoms with Gasteiger partial charge in [0.05, 0.1) is 0 Å². The van der Waals surface area contributed by atoms with Crippen molar-refractivity contribution in [1.29, 1.82) is 0 Å². The maximum Gasteiger partial charge on any atom is 0.264 e. The summed E-state index contributed by atoms with van der Waals surface area (Å²) in [5.74, 6) is 0.361. The third-order valence-corrected chi connectivity index (χ3v) is 3.80. The third kappa shape index (κ3) is 4.91. The Balaban J connectivity index is 2.95. The number of likely N-dealkylation sites (N-methyl/N-ethyl adjacent to an activating group) is 2. The molecule has 0 saturated heterocycles. The van der Waals surface area contributed by atoms with E-state index in [1.165, 1.54) is 0 Å². The van der Waals surface area contributed by atoms with Crippen molar-refractivity contribution < 1.29 is 14.6 Å². The normalized spacial score (nSPS) is 12.2. The van der Waals surface area contributed by atoms with E-state index in [0.29, 0.717) is 25.4 Å². The number of hydrogen-bond donors (Lipinski definition) is 1. The maximum atomic E-state index is 12.7. The molecule has 0 aliphatic rings. The van der Waals surface area contributed by atoms with Crippen LogP contribution in [0, 0.1) is 0 Å². The van der Waals surface area contributed by atoms with E-state index < -0.39 is 6.10 Å². The van der Waals surface area contributed by atoms with Crippen molar-refractivity contribution >= 4 is 5.91 Å². The van der Waals surface area contributed by atoms with Gasteiger partial charge in [-0.2, -0.15) is 0 Å². The van der Waals surface area contributed by atoms with Gasteiger partial charge in [-0.15, -0.1) is 0 Å². The van der Waals surface area contributed by atoms with Gasteiger partial charge in [-0.1, -0.05) is 26.0 Å². The zero-order chi connectivity index (χ0) is 16.5. The number of aromatic hydroxyl groups is 1. The second-order valence-electron chi connectivity index (χ2n) is 5.07. The molecule has 5 heteroatoms. The summed E-state index contributed by atoms with van der Waals surface area (Å²) in [6.07, 6.45) is -0.618. The van der Waals surface area contributed by atoms with Gasteiger partial charge >= 0.3 is 0 Å². The van der Waals surface area contributed by atoms with E-state index in [1.54, 1.807) is 29.2 Å². The first-order valence-corrected chi connectivity index (χ1v) is 8.03. The SMILES string of the molecule is CCN(CC)CC(Oc1ccccc1O)C(=O)N(CC)CC. The van der Waals surface area contributed by atoms with E-state index in [0.717, 1.165) is 13.1 Å². The van der Waals surface area contributed by atoms with Gasteiger partial charge in [0, 0.05) is 19.6 Å². The Labute approximate surface area is 133 Å². The van der Waals surface area contributed by atoms with Crippen LogP contribution in [-0.2, 0) is 4.79 Å². The Hall–Kier alpha value is -1.75. The van der Waals surface area contributed by atoms with Crippen molar-refractivity contribution in [2.75, 3.05) is 32.7 Å². The molecule has 1 aromatic carbocycles. The molecular formula is C17H28N2O3. The molecular weight excluding hydrogens is 280 g/mol. The van der Waals surface area contributed by atoms with E-state index in [-0.39, 0.29) is 11.7 Å². The fourth-order valence-corrected chi connectivity index (χ4v) is 2.33. The van der Waals surface area contributed by atoms with Crippen LogP contribution in [0.5, 0.6) is 11.5 Å². The van der Waals surface area contributed by atoms with Gasteiger partial charge in [0.15, 0.2) is 17.6 Å². The van der Waals surface area contributed by atoms with Crippen molar-refractivity contribution in [2.45, 2.75) is 33.8 Å². The number of hydrogen-bond acceptors (Lipinski definition) is 4. The van der Waals surface area contributed by atoms with Crippen LogP contribution in [0.1, 0.15) is 27.7 Å². The molecule has 0 saturated carbocycles. The molecule has 0 fully saturated rings. The first-order chi connectivity index (χ1) is 10.6. The lowest BCUT2D eigenvalue weighted by molar-refractivity contribution is -0.139. The minimum absolute atomic E-state index is 0.0415. The molecule has 5 nitrogen and oxygen atoms in total. The lowest BCUT2D eigenvalue weighted by Gasteiger charge is -2.29. The Morgan fingerprint density at radius 3 is 2.18 bits per heavy atom. The van der Waals surface area contributed by atoms with E-state index in [9.17, 15) is 9.90 Å². The minimum atomic E-state index is -0.618. The number of phenolic OH excluding ortho intramolecular Hbond substituents is 1. The van der Waals surface area contributed by atoms with E-state index >= 15 is 0 Å². The smallest absolute Gasteiger partial charge is 0.264 e. The summed E-state index contributed by atoms with van der Waals surface area (Å²) in [7, 11) is 0. The predicted molar refractivity (Wildman–Crippen MR) is 88.2 cm³/mol. The Morgan fingerprint density at radius 1 is 1.09 bits per heavy atom. The van der Waals surface area contributed by atoms with E-state index in [4.69, 9.17) is 4.74 Å². The summed E-state index contributed by atoms with van der Waals surface area (Å²) in [6, 6.07) is 6.75. The van der Waals surface area contributed by atoms with Crippen molar-refractivity contribution in [3.63, 3.8) is 0 Å². The molecule has 0 spiro atoms. The summed E-state index contributed by atoms with van der Waals surface area (Å²) in [6.45, 7) is 11.5. The molecule has 1 amide bonds. The molecule has 1 aromatic rings. The molecule has 1 atom stereocenters. The zero-order valence-corrected chi connectivity index (χ0v) is 14.1.